The van der Waals surface area contributed by atoms with Gasteiger partial charge in [0, 0.05) is 37.5 Å². The molecule has 31 heavy (non-hydrogen) atoms. The van der Waals surface area contributed by atoms with Gasteiger partial charge in [-0.25, -0.2) is 9.98 Å². The summed E-state index contributed by atoms with van der Waals surface area (Å²) in [6.07, 6.45) is 3.53. The molecule has 3 heterocycles. The SMILES string of the molecule is CCNC(=NCc1cccnc1N1CCCC(C(N)=O)C1)NCc1cc(C(C)C)no1. The van der Waals surface area contributed by atoms with Crippen molar-refractivity contribution in [2.75, 3.05) is 24.5 Å². The fourth-order valence-electron chi connectivity index (χ4n) is 3.60. The van der Waals surface area contributed by atoms with E-state index in [9.17, 15) is 4.79 Å². The van der Waals surface area contributed by atoms with Crippen LogP contribution in [0.15, 0.2) is 33.9 Å². The molecule has 0 spiro atoms. The molecule has 9 heteroatoms. The predicted octanol–water partition coefficient (Wildman–Crippen LogP) is 2.15. The van der Waals surface area contributed by atoms with Crippen LogP contribution in [0.3, 0.4) is 0 Å². The molecule has 9 nitrogen and oxygen atoms in total. The third-order valence-electron chi connectivity index (χ3n) is 5.34. The number of nitrogens with two attached hydrogens (primary N) is 1. The Hall–Kier alpha value is -3.10. The van der Waals surface area contributed by atoms with Crippen molar-refractivity contribution in [2.45, 2.75) is 52.6 Å². The number of anilines is 1. The fourth-order valence-corrected chi connectivity index (χ4v) is 3.60. The number of amides is 1. The summed E-state index contributed by atoms with van der Waals surface area (Å²) in [7, 11) is 0. The molecule has 0 radical (unpaired) electrons. The van der Waals surface area contributed by atoms with Crippen molar-refractivity contribution in [3.05, 3.63) is 41.4 Å². The second-order valence-electron chi connectivity index (χ2n) is 8.10. The molecule has 168 valence electrons. The summed E-state index contributed by atoms with van der Waals surface area (Å²) in [5, 5.41) is 10.6. The number of pyridine rings is 1. The average Bonchev–Trinajstić information content (AvgIpc) is 3.25. The van der Waals surface area contributed by atoms with Crippen LogP contribution in [-0.4, -0.2) is 41.6 Å². The number of nitrogens with one attached hydrogen (secondary N) is 2. The Labute approximate surface area is 183 Å². The molecular weight excluding hydrogens is 394 g/mol. The first kappa shape index (κ1) is 22.6. The van der Waals surface area contributed by atoms with E-state index in [1.54, 1.807) is 6.20 Å². The van der Waals surface area contributed by atoms with Crippen LogP contribution in [0.4, 0.5) is 5.82 Å². The normalized spacial score (nSPS) is 17.1. The molecule has 2 aromatic rings. The molecule has 3 rings (SSSR count). The number of piperidine rings is 1. The summed E-state index contributed by atoms with van der Waals surface area (Å²) < 4.78 is 5.40. The lowest BCUT2D eigenvalue weighted by Crippen LogP contribution is -2.42. The van der Waals surface area contributed by atoms with Gasteiger partial charge in [0.15, 0.2) is 11.7 Å². The van der Waals surface area contributed by atoms with Crippen LogP contribution in [0.25, 0.3) is 0 Å². The van der Waals surface area contributed by atoms with Gasteiger partial charge in [-0.15, -0.1) is 0 Å². The van der Waals surface area contributed by atoms with Crippen molar-refractivity contribution >= 4 is 17.7 Å². The van der Waals surface area contributed by atoms with Crippen LogP contribution in [0.1, 0.15) is 56.5 Å². The first-order valence-electron chi connectivity index (χ1n) is 10.9. The van der Waals surface area contributed by atoms with Crippen molar-refractivity contribution in [3.63, 3.8) is 0 Å². The summed E-state index contributed by atoms with van der Waals surface area (Å²) >= 11 is 0. The van der Waals surface area contributed by atoms with Gasteiger partial charge in [0.25, 0.3) is 0 Å². The zero-order chi connectivity index (χ0) is 22.2. The van der Waals surface area contributed by atoms with Crippen LogP contribution in [-0.2, 0) is 17.9 Å². The maximum atomic E-state index is 11.7. The number of guanidine groups is 1. The molecular formula is C22H33N7O2. The minimum Gasteiger partial charge on any atom is -0.369 e. The Kier molecular flexibility index (Phi) is 7.86. The second-order valence-corrected chi connectivity index (χ2v) is 8.10. The van der Waals surface area contributed by atoms with Gasteiger partial charge in [-0.2, -0.15) is 0 Å². The Bertz CT molecular complexity index is 893. The van der Waals surface area contributed by atoms with Gasteiger partial charge in [0.05, 0.1) is 24.7 Å². The molecule has 0 aromatic carbocycles. The molecule has 1 saturated heterocycles. The van der Waals surface area contributed by atoms with Crippen molar-refractivity contribution in [3.8, 4) is 0 Å². The molecule has 2 aromatic heterocycles. The number of aliphatic imine (C=N–C) groups is 1. The minimum atomic E-state index is -0.244. The minimum absolute atomic E-state index is 0.135. The Morgan fingerprint density at radius 3 is 2.97 bits per heavy atom. The van der Waals surface area contributed by atoms with Gasteiger partial charge in [0.1, 0.15) is 5.82 Å². The van der Waals surface area contributed by atoms with Crippen LogP contribution in [0.2, 0.25) is 0 Å². The van der Waals surface area contributed by atoms with E-state index >= 15 is 0 Å². The molecule has 1 amide bonds. The smallest absolute Gasteiger partial charge is 0.222 e. The number of primary amides is 1. The molecule has 0 bridgehead atoms. The lowest BCUT2D eigenvalue weighted by atomic mass is 9.97. The Balaban J connectivity index is 1.68. The average molecular weight is 428 g/mol. The van der Waals surface area contributed by atoms with Crippen molar-refractivity contribution in [1.29, 1.82) is 0 Å². The monoisotopic (exact) mass is 427 g/mol. The van der Waals surface area contributed by atoms with E-state index in [1.165, 1.54) is 0 Å². The van der Waals surface area contributed by atoms with E-state index in [0.717, 1.165) is 48.8 Å². The van der Waals surface area contributed by atoms with Gasteiger partial charge in [-0.1, -0.05) is 25.1 Å². The quantitative estimate of drug-likeness (QED) is 0.436. The van der Waals surface area contributed by atoms with Crippen molar-refractivity contribution in [2.24, 2.45) is 16.6 Å². The highest BCUT2D eigenvalue weighted by Crippen LogP contribution is 2.25. The molecule has 1 fully saturated rings. The lowest BCUT2D eigenvalue weighted by Gasteiger charge is -2.33. The van der Waals surface area contributed by atoms with Crippen LogP contribution < -0.4 is 21.3 Å². The molecule has 1 unspecified atom stereocenters. The first-order chi connectivity index (χ1) is 15.0. The van der Waals surface area contributed by atoms with E-state index in [1.807, 2.05) is 25.1 Å². The zero-order valence-corrected chi connectivity index (χ0v) is 18.6. The number of rotatable bonds is 8. The second kappa shape index (κ2) is 10.8. The maximum absolute atomic E-state index is 11.7. The van der Waals surface area contributed by atoms with E-state index in [-0.39, 0.29) is 11.8 Å². The molecule has 4 N–H and O–H groups in total. The van der Waals surface area contributed by atoms with Gasteiger partial charge in [-0.05, 0) is 31.7 Å². The molecule has 1 aliphatic heterocycles. The standard InChI is InChI=1S/C22H33N7O2/c1-4-24-22(27-13-18-11-19(15(2)3)28-31-18)26-12-16-7-5-9-25-21(16)29-10-6-8-17(14-29)20(23)30/h5,7,9,11,15,17H,4,6,8,10,12-14H2,1-3H3,(H2,23,30)(H2,24,26,27). The Morgan fingerprint density at radius 2 is 2.26 bits per heavy atom. The summed E-state index contributed by atoms with van der Waals surface area (Å²) in [6.45, 7) is 9.36. The molecule has 0 aliphatic carbocycles. The van der Waals surface area contributed by atoms with E-state index in [2.05, 4.69) is 39.5 Å². The van der Waals surface area contributed by atoms with Crippen LogP contribution >= 0.6 is 0 Å². The number of carbonyl (C=O) groups excluding carboxylic acids is 1. The number of aromatic nitrogens is 2. The summed E-state index contributed by atoms with van der Waals surface area (Å²) in [5.41, 5.74) is 7.49. The first-order valence-corrected chi connectivity index (χ1v) is 10.9. The third kappa shape index (κ3) is 6.19. The summed E-state index contributed by atoms with van der Waals surface area (Å²) in [6, 6.07) is 5.90. The zero-order valence-electron chi connectivity index (χ0n) is 18.6. The van der Waals surface area contributed by atoms with Gasteiger partial charge in [0.2, 0.25) is 5.91 Å². The molecule has 1 atom stereocenters. The van der Waals surface area contributed by atoms with Gasteiger partial charge in [-0.3, -0.25) is 4.79 Å². The highest BCUT2D eigenvalue weighted by atomic mass is 16.5. The summed E-state index contributed by atoms with van der Waals surface area (Å²) in [5.74, 6) is 2.27. The maximum Gasteiger partial charge on any atom is 0.222 e. The topological polar surface area (TPSA) is 122 Å². The highest BCUT2D eigenvalue weighted by Gasteiger charge is 2.25. The molecule has 1 aliphatic rings. The number of nitrogens with zero attached hydrogens (tertiary/aromatic N) is 4. The highest BCUT2D eigenvalue weighted by molar-refractivity contribution is 5.80. The lowest BCUT2D eigenvalue weighted by molar-refractivity contribution is -0.122. The largest absolute Gasteiger partial charge is 0.369 e. The summed E-state index contributed by atoms with van der Waals surface area (Å²) in [4.78, 5) is 23.1. The van der Waals surface area contributed by atoms with Gasteiger partial charge >= 0.3 is 0 Å². The van der Waals surface area contributed by atoms with Crippen molar-refractivity contribution < 1.29 is 9.32 Å². The van der Waals surface area contributed by atoms with E-state index < -0.39 is 0 Å². The van der Waals surface area contributed by atoms with Crippen LogP contribution in [0, 0.1) is 5.92 Å². The van der Waals surface area contributed by atoms with Gasteiger partial charge < -0.3 is 25.8 Å². The van der Waals surface area contributed by atoms with Crippen molar-refractivity contribution in [1.82, 2.24) is 20.8 Å². The van der Waals surface area contributed by atoms with E-state index in [0.29, 0.717) is 31.5 Å². The predicted molar refractivity (Wildman–Crippen MR) is 121 cm³/mol. The fraction of sp³-hybridized carbons (Fsp3) is 0.545. The number of hydrogen-bond donors (Lipinski definition) is 3. The Morgan fingerprint density at radius 1 is 1.42 bits per heavy atom. The van der Waals surface area contributed by atoms with Crippen LogP contribution in [0.5, 0.6) is 0 Å². The number of carbonyl (C=O) groups is 1. The third-order valence-corrected chi connectivity index (χ3v) is 5.34. The number of hydrogen-bond acceptors (Lipinski definition) is 6. The molecule has 0 saturated carbocycles. The van der Waals surface area contributed by atoms with E-state index in [4.69, 9.17) is 15.2 Å².